The Labute approximate surface area is 116 Å². The monoisotopic (exact) mass is 266 g/mol. The zero-order valence-electron chi connectivity index (χ0n) is 12.4. The van der Waals surface area contributed by atoms with Crippen LogP contribution in [0.5, 0.6) is 0 Å². The van der Waals surface area contributed by atoms with E-state index in [1.54, 1.807) is 0 Å². The summed E-state index contributed by atoms with van der Waals surface area (Å²) in [5.41, 5.74) is 3.10. The molecule has 4 nitrogen and oxygen atoms in total. The predicted molar refractivity (Wildman–Crippen MR) is 76.1 cm³/mol. The molecule has 0 atom stereocenters. The minimum atomic E-state index is 0.0463. The molecule has 2 rings (SSSR count). The lowest BCUT2D eigenvalue weighted by atomic mass is 9.73. The van der Waals surface area contributed by atoms with Gasteiger partial charge < -0.3 is 15.0 Å². The molecule has 1 N–H and O–H groups in total. The molecule has 1 aliphatic carbocycles. The Morgan fingerprint density at radius 3 is 2.68 bits per heavy atom. The number of allylic oxidation sites excluding steroid dienone is 1. The van der Waals surface area contributed by atoms with Crippen LogP contribution in [0.3, 0.4) is 0 Å². The predicted octanol–water partition coefficient (Wildman–Crippen LogP) is 2.55. The van der Waals surface area contributed by atoms with Crippen LogP contribution in [-0.4, -0.2) is 43.8 Å². The summed E-state index contributed by atoms with van der Waals surface area (Å²) in [6, 6.07) is 0.0463. The van der Waals surface area contributed by atoms with Crippen molar-refractivity contribution in [1.82, 2.24) is 10.2 Å². The zero-order chi connectivity index (χ0) is 13.9. The van der Waals surface area contributed by atoms with Crippen LogP contribution in [0.2, 0.25) is 0 Å². The highest BCUT2D eigenvalue weighted by Gasteiger charge is 2.28. The molecule has 1 fully saturated rings. The first-order valence-electron chi connectivity index (χ1n) is 7.30. The number of amides is 2. The number of rotatable bonds is 2. The van der Waals surface area contributed by atoms with Crippen molar-refractivity contribution in [3.05, 3.63) is 11.1 Å². The van der Waals surface area contributed by atoms with Crippen molar-refractivity contribution >= 4 is 6.03 Å². The smallest absolute Gasteiger partial charge is 0.317 e. The molecule has 108 valence electrons. The van der Waals surface area contributed by atoms with Gasteiger partial charge in [-0.15, -0.1) is 0 Å². The number of carbonyl (C=O) groups excluding carboxylic acids is 1. The van der Waals surface area contributed by atoms with E-state index in [0.29, 0.717) is 32.8 Å². The van der Waals surface area contributed by atoms with Crippen molar-refractivity contribution in [3.63, 3.8) is 0 Å². The molecular formula is C15H26N2O2. The van der Waals surface area contributed by atoms with Gasteiger partial charge in [0.25, 0.3) is 0 Å². The second-order valence-corrected chi connectivity index (χ2v) is 6.25. The molecule has 2 amide bonds. The lowest BCUT2D eigenvalue weighted by Gasteiger charge is -2.35. The lowest BCUT2D eigenvalue weighted by molar-refractivity contribution is 0.0533. The van der Waals surface area contributed by atoms with Gasteiger partial charge in [0.2, 0.25) is 0 Å². The van der Waals surface area contributed by atoms with Crippen LogP contribution in [-0.2, 0) is 4.74 Å². The molecule has 0 aromatic carbocycles. The quantitative estimate of drug-likeness (QED) is 0.780. The number of carbonyl (C=O) groups is 1. The summed E-state index contributed by atoms with van der Waals surface area (Å²) in [6.45, 7) is 10.2. The SMILES string of the molecule is CC1=C(CNC(=O)N2CCOCC2)C(C)(C)CCC1. The number of morpholine rings is 1. The maximum absolute atomic E-state index is 12.1. The summed E-state index contributed by atoms with van der Waals surface area (Å²) in [7, 11) is 0. The number of ether oxygens (including phenoxy) is 1. The average Bonchev–Trinajstić information content (AvgIpc) is 2.38. The van der Waals surface area contributed by atoms with E-state index in [2.05, 4.69) is 26.1 Å². The van der Waals surface area contributed by atoms with Crippen molar-refractivity contribution in [1.29, 1.82) is 0 Å². The van der Waals surface area contributed by atoms with Crippen molar-refractivity contribution in [2.24, 2.45) is 5.41 Å². The Morgan fingerprint density at radius 2 is 2.05 bits per heavy atom. The van der Waals surface area contributed by atoms with Crippen LogP contribution in [0.1, 0.15) is 40.0 Å². The molecule has 19 heavy (non-hydrogen) atoms. The third kappa shape index (κ3) is 3.50. The standard InChI is InChI=1S/C15H26N2O2/c1-12-5-4-6-15(2,3)13(12)11-16-14(18)17-7-9-19-10-8-17/h4-11H2,1-3H3,(H,16,18). The van der Waals surface area contributed by atoms with Crippen LogP contribution in [0, 0.1) is 5.41 Å². The van der Waals surface area contributed by atoms with Crippen LogP contribution in [0.15, 0.2) is 11.1 Å². The first kappa shape index (κ1) is 14.4. The van der Waals surface area contributed by atoms with Gasteiger partial charge in [-0.1, -0.05) is 19.4 Å². The van der Waals surface area contributed by atoms with Gasteiger partial charge in [-0.3, -0.25) is 0 Å². The number of urea groups is 1. The third-order valence-electron chi connectivity index (χ3n) is 4.40. The molecule has 0 saturated carbocycles. The topological polar surface area (TPSA) is 41.6 Å². The van der Waals surface area contributed by atoms with Crippen LogP contribution < -0.4 is 5.32 Å². The molecular weight excluding hydrogens is 240 g/mol. The van der Waals surface area contributed by atoms with E-state index in [1.807, 2.05) is 4.90 Å². The molecule has 2 aliphatic rings. The van der Waals surface area contributed by atoms with E-state index in [9.17, 15) is 4.79 Å². The largest absolute Gasteiger partial charge is 0.378 e. The van der Waals surface area contributed by atoms with Crippen molar-refractivity contribution in [2.75, 3.05) is 32.8 Å². The molecule has 4 heteroatoms. The molecule has 0 aromatic rings. The molecule has 0 radical (unpaired) electrons. The first-order chi connectivity index (χ1) is 9.00. The van der Waals surface area contributed by atoms with Gasteiger partial charge in [-0.25, -0.2) is 4.79 Å². The summed E-state index contributed by atoms with van der Waals surface area (Å²) in [5.74, 6) is 0. The minimum Gasteiger partial charge on any atom is -0.378 e. The van der Waals surface area contributed by atoms with E-state index < -0.39 is 0 Å². The Hall–Kier alpha value is -1.03. The summed E-state index contributed by atoms with van der Waals surface area (Å²) in [5, 5.41) is 3.08. The fourth-order valence-corrected chi connectivity index (χ4v) is 3.11. The zero-order valence-corrected chi connectivity index (χ0v) is 12.4. The Kier molecular flexibility index (Phi) is 4.50. The summed E-state index contributed by atoms with van der Waals surface area (Å²) >= 11 is 0. The van der Waals surface area contributed by atoms with E-state index in [1.165, 1.54) is 30.4 Å². The maximum Gasteiger partial charge on any atom is 0.317 e. The number of hydrogen-bond acceptors (Lipinski definition) is 2. The van der Waals surface area contributed by atoms with Gasteiger partial charge in [0.05, 0.1) is 13.2 Å². The van der Waals surface area contributed by atoms with E-state index in [4.69, 9.17) is 4.74 Å². The molecule has 1 saturated heterocycles. The molecule has 1 aliphatic heterocycles. The fourth-order valence-electron chi connectivity index (χ4n) is 3.11. The normalized spacial score (nSPS) is 23.4. The Morgan fingerprint density at radius 1 is 1.37 bits per heavy atom. The lowest BCUT2D eigenvalue weighted by Crippen LogP contribution is -2.47. The van der Waals surface area contributed by atoms with Crippen molar-refractivity contribution < 1.29 is 9.53 Å². The van der Waals surface area contributed by atoms with Gasteiger partial charge in [0.1, 0.15) is 0 Å². The van der Waals surface area contributed by atoms with Gasteiger partial charge in [-0.2, -0.15) is 0 Å². The molecule has 1 heterocycles. The van der Waals surface area contributed by atoms with Gasteiger partial charge in [-0.05, 0) is 37.2 Å². The molecule has 0 bridgehead atoms. The highest BCUT2D eigenvalue weighted by Crippen LogP contribution is 2.39. The van der Waals surface area contributed by atoms with Gasteiger partial charge >= 0.3 is 6.03 Å². The first-order valence-corrected chi connectivity index (χ1v) is 7.30. The maximum atomic E-state index is 12.1. The number of hydrogen-bond donors (Lipinski definition) is 1. The van der Waals surface area contributed by atoms with Crippen LogP contribution in [0.4, 0.5) is 4.79 Å². The van der Waals surface area contributed by atoms with Crippen LogP contribution in [0.25, 0.3) is 0 Å². The van der Waals surface area contributed by atoms with Crippen molar-refractivity contribution in [3.8, 4) is 0 Å². The summed E-state index contributed by atoms with van der Waals surface area (Å²) in [4.78, 5) is 13.9. The third-order valence-corrected chi connectivity index (χ3v) is 4.40. The average molecular weight is 266 g/mol. The minimum absolute atomic E-state index is 0.0463. The Bertz CT molecular complexity index is 368. The highest BCUT2D eigenvalue weighted by molar-refractivity contribution is 5.74. The van der Waals surface area contributed by atoms with Gasteiger partial charge in [0, 0.05) is 19.6 Å². The van der Waals surface area contributed by atoms with E-state index in [-0.39, 0.29) is 11.4 Å². The van der Waals surface area contributed by atoms with Crippen molar-refractivity contribution in [2.45, 2.75) is 40.0 Å². The number of nitrogens with one attached hydrogen (secondary N) is 1. The van der Waals surface area contributed by atoms with Crippen LogP contribution >= 0.6 is 0 Å². The highest BCUT2D eigenvalue weighted by atomic mass is 16.5. The molecule has 0 unspecified atom stereocenters. The Balaban J connectivity index is 1.92. The number of nitrogens with zero attached hydrogens (tertiary/aromatic N) is 1. The second kappa shape index (κ2) is 5.95. The van der Waals surface area contributed by atoms with E-state index in [0.717, 1.165) is 0 Å². The van der Waals surface area contributed by atoms with Gasteiger partial charge in [0.15, 0.2) is 0 Å². The molecule has 0 spiro atoms. The second-order valence-electron chi connectivity index (χ2n) is 6.25. The summed E-state index contributed by atoms with van der Waals surface area (Å²) in [6.07, 6.45) is 3.65. The molecule has 0 aromatic heterocycles. The fraction of sp³-hybridized carbons (Fsp3) is 0.800. The summed E-state index contributed by atoms with van der Waals surface area (Å²) < 4.78 is 5.26. The van der Waals surface area contributed by atoms with E-state index >= 15 is 0 Å².